The second-order valence-corrected chi connectivity index (χ2v) is 6.32. The maximum atomic E-state index is 11.9. The number of nitrogens with two attached hydrogens (primary N) is 1. The summed E-state index contributed by atoms with van der Waals surface area (Å²) in [6, 6.07) is 4.30. The van der Waals surface area contributed by atoms with Gasteiger partial charge in [-0.05, 0) is 31.0 Å². The molecule has 1 amide bonds. The van der Waals surface area contributed by atoms with Gasteiger partial charge in [0.15, 0.2) is 0 Å². The number of nitrogens with one attached hydrogen (secondary N) is 1. The number of benzene rings is 1. The normalized spacial score (nSPS) is 11.1. The highest BCUT2D eigenvalue weighted by atomic mass is 35.5. The van der Waals surface area contributed by atoms with Gasteiger partial charge in [0.05, 0.1) is 18.6 Å². The zero-order valence-corrected chi connectivity index (χ0v) is 12.6. The van der Waals surface area contributed by atoms with Crippen molar-refractivity contribution < 1.29 is 17.9 Å². The van der Waals surface area contributed by atoms with Gasteiger partial charge in [0.2, 0.25) is 15.9 Å². The first kappa shape index (κ1) is 16.6. The van der Waals surface area contributed by atoms with Crippen molar-refractivity contribution in [3.63, 3.8) is 0 Å². The van der Waals surface area contributed by atoms with Crippen LogP contribution < -0.4 is 15.2 Å². The number of ether oxygens (including phenoxy) is 1. The van der Waals surface area contributed by atoms with Gasteiger partial charge in [0.25, 0.3) is 0 Å². The number of hydrogen-bond acceptors (Lipinski definition) is 4. The predicted octanol–water partition coefficient (Wildman–Crippen LogP) is 1.55. The van der Waals surface area contributed by atoms with Crippen LogP contribution in [0.1, 0.15) is 23.2 Å². The molecule has 112 valence electrons. The van der Waals surface area contributed by atoms with E-state index in [1.807, 2.05) is 0 Å². The number of hydrogen-bond donors (Lipinski definition) is 2. The van der Waals surface area contributed by atoms with Gasteiger partial charge in [-0.15, -0.1) is 11.6 Å². The molecule has 0 fully saturated rings. The van der Waals surface area contributed by atoms with Crippen LogP contribution in [0.5, 0.6) is 5.75 Å². The van der Waals surface area contributed by atoms with Crippen molar-refractivity contribution in [2.75, 3.05) is 23.5 Å². The lowest BCUT2D eigenvalue weighted by molar-refractivity contribution is 0.100. The van der Waals surface area contributed by atoms with E-state index in [4.69, 9.17) is 22.1 Å². The lowest BCUT2D eigenvalue weighted by Gasteiger charge is -2.12. The Morgan fingerprint density at radius 2 is 2.10 bits per heavy atom. The maximum absolute atomic E-state index is 11.9. The smallest absolute Gasteiger partial charge is 0.248 e. The monoisotopic (exact) mass is 320 g/mol. The summed E-state index contributed by atoms with van der Waals surface area (Å²) < 4.78 is 31.2. The van der Waals surface area contributed by atoms with Gasteiger partial charge in [-0.1, -0.05) is 0 Å². The van der Waals surface area contributed by atoms with Gasteiger partial charge in [0, 0.05) is 11.4 Å². The minimum absolute atomic E-state index is 0.0519. The molecule has 0 unspecified atom stereocenters. The van der Waals surface area contributed by atoms with Crippen molar-refractivity contribution in [2.24, 2.45) is 5.73 Å². The lowest BCUT2D eigenvalue weighted by atomic mass is 10.2. The molecule has 1 aromatic rings. The number of primary amides is 1. The average molecular weight is 321 g/mol. The van der Waals surface area contributed by atoms with Gasteiger partial charge in [-0.2, -0.15) is 0 Å². The van der Waals surface area contributed by atoms with Crippen LogP contribution in [0.2, 0.25) is 0 Å². The molecule has 20 heavy (non-hydrogen) atoms. The van der Waals surface area contributed by atoms with E-state index in [0.29, 0.717) is 24.5 Å². The molecule has 0 spiro atoms. The molecule has 0 atom stereocenters. The lowest BCUT2D eigenvalue weighted by Crippen LogP contribution is -2.18. The van der Waals surface area contributed by atoms with E-state index in [0.717, 1.165) is 0 Å². The zero-order chi connectivity index (χ0) is 15.2. The van der Waals surface area contributed by atoms with E-state index >= 15 is 0 Å². The van der Waals surface area contributed by atoms with Crippen LogP contribution in [0.15, 0.2) is 18.2 Å². The Bertz CT molecular complexity index is 575. The van der Waals surface area contributed by atoms with Gasteiger partial charge < -0.3 is 10.5 Å². The Labute approximate surface area is 123 Å². The number of amides is 1. The third-order valence-electron chi connectivity index (χ3n) is 2.55. The fourth-order valence-corrected chi connectivity index (χ4v) is 2.92. The molecule has 0 saturated carbocycles. The summed E-state index contributed by atoms with van der Waals surface area (Å²) in [5.74, 6) is 0.0332. The van der Waals surface area contributed by atoms with Crippen molar-refractivity contribution in [1.82, 2.24) is 0 Å². The Morgan fingerprint density at radius 3 is 2.65 bits per heavy atom. The minimum Gasteiger partial charge on any atom is -0.495 e. The topological polar surface area (TPSA) is 98.5 Å². The van der Waals surface area contributed by atoms with Crippen molar-refractivity contribution in [3.8, 4) is 5.75 Å². The molecule has 0 bridgehead atoms. The summed E-state index contributed by atoms with van der Waals surface area (Å²) in [4.78, 5) is 11.1. The molecule has 1 aromatic carbocycles. The first-order valence-electron chi connectivity index (χ1n) is 5.94. The number of sulfonamides is 1. The fraction of sp³-hybridized carbons (Fsp3) is 0.417. The number of alkyl halides is 1. The Balaban J connectivity index is 2.94. The van der Waals surface area contributed by atoms with E-state index in [2.05, 4.69) is 4.72 Å². The summed E-state index contributed by atoms with van der Waals surface area (Å²) in [5, 5.41) is 0. The van der Waals surface area contributed by atoms with Crippen molar-refractivity contribution >= 4 is 33.2 Å². The van der Waals surface area contributed by atoms with Gasteiger partial charge in [0.1, 0.15) is 5.75 Å². The summed E-state index contributed by atoms with van der Waals surface area (Å²) in [6.45, 7) is 0. The third kappa shape index (κ3) is 4.90. The van der Waals surface area contributed by atoms with Crippen LogP contribution >= 0.6 is 11.6 Å². The van der Waals surface area contributed by atoms with Crippen LogP contribution in [0.4, 0.5) is 5.69 Å². The molecular formula is C12H17ClN2O4S. The highest BCUT2D eigenvalue weighted by Crippen LogP contribution is 2.26. The number of carbonyl (C=O) groups is 1. The van der Waals surface area contributed by atoms with E-state index in [9.17, 15) is 13.2 Å². The minimum atomic E-state index is -3.52. The molecule has 1 rings (SSSR count). The van der Waals surface area contributed by atoms with E-state index in [1.165, 1.54) is 25.3 Å². The largest absolute Gasteiger partial charge is 0.495 e. The molecule has 3 N–H and O–H groups in total. The van der Waals surface area contributed by atoms with Crippen LogP contribution in [0.3, 0.4) is 0 Å². The number of unbranched alkanes of at least 4 members (excludes halogenated alkanes) is 1. The van der Waals surface area contributed by atoms with E-state index < -0.39 is 15.9 Å². The quantitative estimate of drug-likeness (QED) is 0.561. The van der Waals surface area contributed by atoms with Crippen LogP contribution in [0.25, 0.3) is 0 Å². The molecule has 0 saturated heterocycles. The molecule has 0 aliphatic heterocycles. The van der Waals surface area contributed by atoms with Crippen molar-refractivity contribution in [2.45, 2.75) is 12.8 Å². The Kier molecular flexibility index (Phi) is 6.09. The second kappa shape index (κ2) is 7.35. The van der Waals surface area contributed by atoms with Crippen molar-refractivity contribution in [1.29, 1.82) is 0 Å². The van der Waals surface area contributed by atoms with Gasteiger partial charge in [-0.25, -0.2) is 8.42 Å². The number of carbonyl (C=O) groups excluding carboxylic acids is 1. The molecule has 0 aliphatic carbocycles. The van der Waals surface area contributed by atoms with Crippen molar-refractivity contribution in [3.05, 3.63) is 23.8 Å². The third-order valence-corrected chi connectivity index (χ3v) is 4.17. The number of rotatable bonds is 8. The molecule has 0 aliphatic rings. The summed E-state index contributed by atoms with van der Waals surface area (Å²) in [7, 11) is -2.12. The molecule has 8 heteroatoms. The number of methoxy groups -OCH3 is 1. The molecule has 6 nitrogen and oxygen atoms in total. The predicted molar refractivity (Wildman–Crippen MR) is 78.9 cm³/mol. The SMILES string of the molecule is COc1ccc(C(N)=O)cc1NS(=O)(=O)CCCCCl. The molecular weight excluding hydrogens is 304 g/mol. The molecule has 0 heterocycles. The fourth-order valence-electron chi connectivity index (χ4n) is 1.55. The highest BCUT2D eigenvalue weighted by molar-refractivity contribution is 7.92. The molecule has 0 radical (unpaired) electrons. The van der Waals surface area contributed by atoms with Crippen LogP contribution in [-0.2, 0) is 10.0 Å². The summed E-state index contributed by atoms with van der Waals surface area (Å²) in [6.07, 6.45) is 1.07. The highest BCUT2D eigenvalue weighted by Gasteiger charge is 2.15. The van der Waals surface area contributed by atoms with Gasteiger partial charge >= 0.3 is 0 Å². The van der Waals surface area contributed by atoms with Crippen LogP contribution in [0, 0.1) is 0 Å². The van der Waals surface area contributed by atoms with Gasteiger partial charge in [-0.3, -0.25) is 9.52 Å². The zero-order valence-electron chi connectivity index (χ0n) is 11.1. The van der Waals surface area contributed by atoms with Crippen LogP contribution in [-0.4, -0.2) is 33.1 Å². The number of anilines is 1. The Morgan fingerprint density at radius 1 is 1.40 bits per heavy atom. The first-order chi connectivity index (χ1) is 9.39. The first-order valence-corrected chi connectivity index (χ1v) is 8.12. The summed E-state index contributed by atoms with van der Waals surface area (Å²) >= 11 is 5.51. The maximum Gasteiger partial charge on any atom is 0.248 e. The van der Waals surface area contributed by atoms with E-state index in [-0.39, 0.29) is 17.0 Å². The Hall–Kier alpha value is -1.47. The number of halogens is 1. The van der Waals surface area contributed by atoms with E-state index in [1.54, 1.807) is 0 Å². The average Bonchev–Trinajstić information content (AvgIpc) is 2.38. The summed E-state index contributed by atoms with van der Waals surface area (Å²) in [5.41, 5.74) is 5.55. The molecule has 0 aromatic heterocycles. The standard InChI is InChI=1S/C12H17ClN2O4S/c1-19-11-5-4-9(12(14)16)8-10(11)15-20(17,18)7-3-2-6-13/h4-5,8,15H,2-3,6-7H2,1H3,(H2,14,16). The second-order valence-electron chi connectivity index (χ2n) is 4.10.